The predicted molar refractivity (Wildman–Crippen MR) is 85.7 cm³/mol. The molecule has 2 aromatic rings. The Labute approximate surface area is 121 Å². The molecule has 1 heterocycles. The Morgan fingerprint density at radius 3 is 2.70 bits per heavy atom. The summed E-state index contributed by atoms with van der Waals surface area (Å²) in [7, 11) is -0.805. The molecule has 2 rings (SSSR count). The van der Waals surface area contributed by atoms with Crippen molar-refractivity contribution in [2.45, 2.75) is 13.3 Å². The molecule has 0 spiro atoms. The summed E-state index contributed by atoms with van der Waals surface area (Å²) in [4.78, 5) is 9.00. The van der Waals surface area contributed by atoms with Crippen LogP contribution in [0.25, 0.3) is 10.9 Å². The molecule has 0 saturated carbocycles. The second-order valence-electron chi connectivity index (χ2n) is 4.54. The zero-order valence-corrected chi connectivity index (χ0v) is 12.7. The molecule has 5 nitrogen and oxygen atoms in total. The molecule has 20 heavy (non-hydrogen) atoms. The minimum atomic E-state index is -0.805. The molecule has 2 N–H and O–H groups in total. The fourth-order valence-corrected chi connectivity index (χ4v) is 2.23. The second kappa shape index (κ2) is 7.19. The number of rotatable bonds is 7. The van der Waals surface area contributed by atoms with E-state index in [0.29, 0.717) is 18.2 Å². The normalized spacial score (nSPS) is 12.3. The van der Waals surface area contributed by atoms with Crippen LogP contribution in [0.15, 0.2) is 24.3 Å². The van der Waals surface area contributed by atoms with Crippen molar-refractivity contribution < 1.29 is 4.21 Å². The van der Waals surface area contributed by atoms with Gasteiger partial charge in [-0.3, -0.25) is 4.21 Å². The largest absolute Gasteiger partial charge is 0.368 e. The maximum atomic E-state index is 11.1. The van der Waals surface area contributed by atoms with Crippen LogP contribution in [0.2, 0.25) is 0 Å². The van der Waals surface area contributed by atoms with E-state index in [4.69, 9.17) is 0 Å². The second-order valence-corrected chi connectivity index (χ2v) is 6.10. The van der Waals surface area contributed by atoms with Crippen LogP contribution in [0.4, 0.5) is 11.8 Å². The molecule has 1 aromatic heterocycles. The number of hydrogen-bond donors (Lipinski definition) is 2. The van der Waals surface area contributed by atoms with Gasteiger partial charge in [-0.25, -0.2) is 4.98 Å². The third-order valence-electron chi connectivity index (χ3n) is 2.82. The maximum Gasteiger partial charge on any atom is 0.225 e. The van der Waals surface area contributed by atoms with Gasteiger partial charge in [-0.05, 0) is 18.6 Å². The topological polar surface area (TPSA) is 66.9 Å². The van der Waals surface area contributed by atoms with Gasteiger partial charge in [-0.2, -0.15) is 4.98 Å². The van der Waals surface area contributed by atoms with E-state index < -0.39 is 10.8 Å². The highest BCUT2D eigenvalue weighted by molar-refractivity contribution is 7.84. The van der Waals surface area contributed by atoms with Gasteiger partial charge in [-0.1, -0.05) is 19.1 Å². The van der Waals surface area contributed by atoms with Crippen LogP contribution < -0.4 is 10.6 Å². The lowest BCUT2D eigenvalue weighted by molar-refractivity contribution is 0.687. The van der Waals surface area contributed by atoms with Crippen LogP contribution in [0.1, 0.15) is 13.3 Å². The Morgan fingerprint density at radius 1 is 1.15 bits per heavy atom. The van der Waals surface area contributed by atoms with E-state index in [0.717, 1.165) is 29.7 Å². The van der Waals surface area contributed by atoms with Crippen molar-refractivity contribution in [1.82, 2.24) is 9.97 Å². The van der Waals surface area contributed by atoms with Crippen molar-refractivity contribution in [2.24, 2.45) is 0 Å². The first-order valence-electron chi connectivity index (χ1n) is 6.75. The molecule has 0 amide bonds. The van der Waals surface area contributed by atoms with Crippen LogP contribution in [0.5, 0.6) is 0 Å². The van der Waals surface area contributed by atoms with E-state index >= 15 is 0 Å². The zero-order chi connectivity index (χ0) is 14.4. The van der Waals surface area contributed by atoms with Gasteiger partial charge in [0.25, 0.3) is 0 Å². The van der Waals surface area contributed by atoms with Crippen LogP contribution in [0, 0.1) is 0 Å². The molecule has 1 unspecified atom stereocenters. The average molecular weight is 292 g/mol. The van der Waals surface area contributed by atoms with Crippen molar-refractivity contribution in [3.63, 3.8) is 0 Å². The number of anilines is 2. The lowest BCUT2D eigenvalue weighted by Crippen LogP contribution is -2.13. The summed E-state index contributed by atoms with van der Waals surface area (Å²) in [5.74, 6) is 2.03. The molecule has 1 atom stereocenters. The summed E-state index contributed by atoms with van der Waals surface area (Å²) in [5, 5.41) is 7.44. The van der Waals surface area contributed by atoms with E-state index in [-0.39, 0.29) is 0 Å². The van der Waals surface area contributed by atoms with Gasteiger partial charge in [0.1, 0.15) is 5.82 Å². The lowest BCUT2D eigenvalue weighted by atomic mass is 10.2. The third-order valence-corrected chi connectivity index (χ3v) is 3.60. The van der Waals surface area contributed by atoms with E-state index in [2.05, 4.69) is 27.5 Å². The van der Waals surface area contributed by atoms with Crippen molar-refractivity contribution in [3.05, 3.63) is 24.3 Å². The fourth-order valence-electron chi connectivity index (χ4n) is 1.84. The molecular weight excluding hydrogens is 272 g/mol. The van der Waals surface area contributed by atoms with Gasteiger partial charge in [0, 0.05) is 41.3 Å². The van der Waals surface area contributed by atoms with Crippen molar-refractivity contribution in [3.8, 4) is 0 Å². The molecule has 0 fully saturated rings. The van der Waals surface area contributed by atoms with Gasteiger partial charge >= 0.3 is 0 Å². The molecule has 0 aliphatic carbocycles. The smallest absolute Gasteiger partial charge is 0.225 e. The van der Waals surface area contributed by atoms with E-state index in [1.807, 2.05) is 24.3 Å². The lowest BCUT2D eigenvalue weighted by Gasteiger charge is -2.11. The van der Waals surface area contributed by atoms with Gasteiger partial charge in [0.05, 0.1) is 5.52 Å². The summed E-state index contributed by atoms with van der Waals surface area (Å²) in [6, 6.07) is 7.89. The fraction of sp³-hybridized carbons (Fsp3) is 0.429. The Bertz CT molecular complexity index is 603. The average Bonchev–Trinajstić information content (AvgIpc) is 2.44. The number of nitrogens with zero attached hydrogens (tertiary/aromatic N) is 2. The molecule has 0 aliphatic rings. The van der Waals surface area contributed by atoms with Gasteiger partial charge in [-0.15, -0.1) is 0 Å². The van der Waals surface area contributed by atoms with Gasteiger partial charge in [0.15, 0.2) is 0 Å². The molecule has 0 bridgehead atoms. The predicted octanol–water partition coefficient (Wildman–Crippen LogP) is 2.24. The van der Waals surface area contributed by atoms with Crippen molar-refractivity contribution in [1.29, 1.82) is 0 Å². The maximum absolute atomic E-state index is 11.1. The number of nitrogens with one attached hydrogen (secondary N) is 2. The number of hydrogen-bond acceptors (Lipinski definition) is 5. The van der Waals surface area contributed by atoms with Crippen molar-refractivity contribution in [2.75, 3.05) is 35.7 Å². The van der Waals surface area contributed by atoms with E-state index in [1.54, 1.807) is 6.26 Å². The van der Waals surface area contributed by atoms with Crippen LogP contribution in [0.3, 0.4) is 0 Å². The Morgan fingerprint density at radius 2 is 1.95 bits per heavy atom. The molecule has 0 saturated heterocycles. The zero-order valence-electron chi connectivity index (χ0n) is 11.8. The molecule has 108 valence electrons. The quantitative estimate of drug-likeness (QED) is 0.819. The summed E-state index contributed by atoms with van der Waals surface area (Å²) < 4.78 is 11.1. The van der Waals surface area contributed by atoms with Gasteiger partial charge in [0.2, 0.25) is 5.95 Å². The minimum absolute atomic E-state index is 0.607. The molecular formula is C14H20N4OS. The van der Waals surface area contributed by atoms with Gasteiger partial charge < -0.3 is 10.6 Å². The first kappa shape index (κ1) is 14.7. The summed E-state index contributed by atoms with van der Waals surface area (Å²) >= 11 is 0. The summed E-state index contributed by atoms with van der Waals surface area (Å²) in [6.07, 6.45) is 2.72. The van der Waals surface area contributed by atoms with E-state index in [1.165, 1.54) is 0 Å². The molecule has 1 aromatic carbocycles. The number of para-hydroxylation sites is 1. The summed E-state index contributed by atoms with van der Waals surface area (Å²) in [6.45, 7) is 3.58. The minimum Gasteiger partial charge on any atom is -0.368 e. The molecule has 0 aliphatic heterocycles. The third kappa shape index (κ3) is 3.90. The number of benzene rings is 1. The van der Waals surface area contributed by atoms with Crippen LogP contribution in [-0.4, -0.2) is 39.3 Å². The summed E-state index contributed by atoms with van der Waals surface area (Å²) in [5.41, 5.74) is 0.904. The SMILES string of the molecule is CCCNc1nc(NCCS(C)=O)c2ccccc2n1. The monoisotopic (exact) mass is 292 g/mol. The van der Waals surface area contributed by atoms with Crippen LogP contribution in [-0.2, 0) is 10.8 Å². The Hall–Kier alpha value is -1.69. The standard InChI is InChI=1S/C14H20N4OS/c1-3-8-16-14-17-12-7-5-4-6-11(12)13(18-14)15-9-10-20(2)19/h4-7H,3,8-10H2,1-2H3,(H2,15,16,17,18). The number of aromatic nitrogens is 2. The highest BCUT2D eigenvalue weighted by Gasteiger charge is 2.06. The van der Waals surface area contributed by atoms with E-state index in [9.17, 15) is 4.21 Å². The first-order chi connectivity index (χ1) is 9.70. The highest BCUT2D eigenvalue weighted by atomic mass is 32.2. The Kier molecular flexibility index (Phi) is 5.29. The highest BCUT2D eigenvalue weighted by Crippen LogP contribution is 2.21. The van der Waals surface area contributed by atoms with Crippen molar-refractivity contribution >= 4 is 33.5 Å². The molecule has 6 heteroatoms. The first-order valence-corrected chi connectivity index (χ1v) is 8.48. The number of fused-ring (bicyclic) bond motifs is 1. The Balaban J connectivity index is 2.26. The molecule has 0 radical (unpaired) electrons. The van der Waals surface area contributed by atoms with Crippen LogP contribution >= 0.6 is 0 Å².